The third-order valence-corrected chi connectivity index (χ3v) is 5.63. The van der Waals surface area contributed by atoms with Gasteiger partial charge in [-0.05, 0) is 53.3 Å². The van der Waals surface area contributed by atoms with Gasteiger partial charge in [-0.15, -0.1) is 0 Å². The van der Waals surface area contributed by atoms with E-state index in [0.29, 0.717) is 37.3 Å². The fourth-order valence-electron chi connectivity index (χ4n) is 4.43. The predicted molar refractivity (Wildman–Crippen MR) is 100 cm³/mol. The molecule has 4 rings (SSSR count). The van der Waals surface area contributed by atoms with Crippen molar-refractivity contribution in [2.75, 3.05) is 20.8 Å². The maximum atomic E-state index is 12.6. The van der Waals surface area contributed by atoms with Crippen LogP contribution in [0.5, 0.6) is 23.0 Å². The molecule has 2 aromatic carbocycles. The van der Waals surface area contributed by atoms with Crippen LogP contribution in [0.4, 0.5) is 0 Å². The van der Waals surface area contributed by atoms with Gasteiger partial charge in [0.05, 0.1) is 20.3 Å². The molecule has 1 aliphatic heterocycles. The van der Waals surface area contributed by atoms with Gasteiger partial charge in [0.15, 0.2) is 23.0 Å². The molecule has 0 spiro atoms. The number of nitrogens with zero attached hydrogens (tertiary/aromatic N) is 1. The average Bonchev–Trinajstić information content (AvgIpc) is 2.67. The molecule has 27 heavy (non-hydrogen) atoms. The van der Waals surface area contributed by atoms with E-state index in [9.17, 15) is 15.0 Å². The summed E-state index contributed by atoms with van der Waals surface area (Å²) in [5.41, 5.74) is 4.60. The molecular formula is C21H23NO5. The van der Waals surface area contributed by atoms with Crippen LogP contribution in [0.3, 0.4) is 0 Å². The number of carbonyl (C=O) groups is 1. The molecule has 2 aliphatic rings. The first-order chi connectivity index (χ1) is 13.0. The third-order valence-electron chi connectivity index (χ3n) is 5.63. The Morgan fingerprint density at radius 2 is 1.89 bits per heavy atom. The van der Waals surface area contributed by atoms with Crippen molar-refractivity contribution in [3.8, 4) is 34.1 Å². The molecule has 0 aromatic heterocycles. The first-order valence-electron chi connectivity index (χ1n) is 9.12. The lowest BCUT2D eigenvalue weighted by atomic mass is 9.76. The summed E-state index contributed by atoms with van der Waals surface area (Å²) in [6, 6.07) is 5.08. The molecule has 2 N–H and O–H groups in total. The highest BCUT2D eigenvalue weighted by molar-refractivity contribution is 5.86. The number of phenols is 2. The van der Waals surface area contributed by atoms with Crippen molar-refractivity contribution in [2.45, 2.75) is 32.2 Å². The summed E-state index contributed by atoms with van der Waals surface area (Å²) in [4.78, 5) is 14.5. The number of fused-ring (bicyclic) bond motifs is 2. The van der Waals surface area contributed by atoms with Crippen molar-refractivity contribution >= 4 is 5.91 Å². The highest BCUT2D eigenvalue weighted by Gasteiger charge is 2.39. The number of benzene rings is 2. The lowest BCUT2D eigenvalue weighted by Gasteiger charge is -2.42. The van der Waals surface area contributed by atoms with Gasteiger partial charge in [0, 0.05) is 18.5 Å². The van der Waals surface area contributed by atoms with Crippen molar-refractivity contribution in [3.63, 3.8) is 0 Å². The molecule has 0 fully saturated rings. The van der Waals surface area contributed by atoms with E-state index in [1.807, 2.05) is 11.8 Å². The standard InChI is InChI=1S/C21H23NO5/c1-4-18(25)22-6-5-11-8-16(24)21(27-3)20-13-10-17(26-2)15(23)9-12(13)7-14(22)19(11)20/h8-10,14,23-24H,4-7H2,1-3H3. The average molecular weight is 369 g/mol. The smallest absolute Gasteiger partial charge is 0.222 e. The maximum absolute atomic E-state index is 12.6. The van der Waals surface area contributed by atoms with Crippen LogP contribution in [0.1, 0.15) is 36.1 Å². The molecule has 142 valence electrons. The summed E-state index contributed by atoms with van der Waals surface area (Å²) >= 11 is 0. The fourth-order valence-corrected chi connectivity index (χ4v) is 4.43. The summed E-state index contributed by atoms with van der Waals surface area (Å²) in [5, 5.41) is 20.8. The van der Waals surface area contributed by atoms with E-state index in [1.54, 1.807) is 18.2 Å². The minimum atomic E-state index is -0.133. The van der Waals surface area contributed by atoms with Crippen LogP contribution < -0.4 is 9.47 Å². The highest BCUT2D eigenvalue weighted by Crippen LogP contribution is 2.53. The second-order valence-electron chi connectivity index (χ2n) is 6.97. The van der Waals surface area contributed by atoms with Gasteiger partial charge in [-0.3, -0.25) is 4.79 Å². The van der Waals surface area contributed by atoms with E-state index < -0.39 is 0 Å². The van der Waals surface area contributed by atoms with Gasteiger partial charge in [-0.2, -0.15) is 0 Å². The summed E-state index contributed by atoms with van der Waals surface area (Å²) in [5.74, 6) is 0.995. The largest absolute Gasteiger partial charge is 0.504 e. The second kappa shape index (κ2) is 6.37. The molecule has 6 nitrogen and oxygen atoms in total. The van der Waals surface area contributed by atoms with Crippen LogP contribution in [-0.4, -0.2) is 41.8 Å². The zero-order valence-corrected chi connectivity index (χ0v) is 15.7. The molecule has 1 atom stereocenters. The molecule has 0 saturated heterocycles. The Labute approximate surface area is 157 Å². The lowest BCUT2D eigenvalue weighted by Crippen LogP contribution is -2.42. The van der Waals surface area contributed by atoms with Gasteiger partial charge in [-0.1, -0.05) is 6.92 Å². The molecule has 0 saturated carbocycles. The Morgan fingerprint density at radius 3 is 2.56 bits per heavy atom. The summed E-state index contributed by atoms with van der Waals surface area (Å²) in [6.45, 7) is 2.48. The molecule has 1 amide bonds. The Morgan fingerprint density at radius 1 is 1.15 bits per heavy atom. The van der Waals surface area contributed by atoms with Gasteiger partial charge in [0.2, 0.25) is 5.91 Å². The molecule has 1 unspecified atom stereocenters. The minimum Gasteiger partial charge on any atom is -0.504 e. The number of aromatic hydroxyl groups is 2. The van der Waals surface area contributed by atoms with E-state index in [2.05, 4.69) is 0 Å². The van der Waals surface area contributed by atoms with E-state index >= 15 is 0 Å². The Kier molecular flexibility index (Phi) is 4.13. The molecule has 1 heterocycles. The van der Waals surface area contributed by atoms with Crippen molar-refractivity contribution in [1.29, 1.82) is 0 Å². The topological polar surface area (TPSA) is 79.2 Å². The zero-order chi connectivity index (χ0) is 19.3. The van der Waals surface area contributed by atoms with Crippen LogP contribution in [-0.2, 0) is 17.6 Å². The van der Waals surface area contributed by atoms with Crippen LogP contribution >= 0.6 is 0 Å². The zero-order valence-electron chi connectivity index (χ0n) is 15.7. The number of ether oxygens (including phenoxy) is 2. The number of rotatable bonds is 3. The van der Waals surface area contributed by atoms with Crippen molar-refractivity contribution in [3.05, 3.63) is 34.9 Å². The van der Waals surface area contributed by atoms with E-state index in [4.69, 9.17) is 9.47 Å². The van der Waals surface area contributed by atoms with Crippen LogP contribution in [0.15, 0.2) is 18.2 Å². The van der Waals surface area contributed by atoms with Crippen LogP contribution in [0, 0.1) is 0 Å². The maximum Gasteiger partial charge on any atom is 0.222 e. The Hall–Kier alpha value is -2.89. The fraction of sp³-hybridized carbons (Fsp3) is 0.381. The number of hydrogen-bond donors (Lipinski definition) is 2. The van der Waals surface area contributed by atoms with Gasteiger partial charge >= 0.3 is 0 Å². The SMILES string of the molecule is CCC(=O)N1CCc2cc(O)c(OC)c3c2C1Cc1cc(O)c(OC)cc1-3. The van der Waals surface area contributed by atoms with E-state index in [0.717, 1.165) is 27.8 Å². The number of hydrogen-bond acceptors (Lipinski definition) is 5. The van der Waals surface area contributed by atoms with Gasteiger partial charge < -0.3 is 24.6 Å². The summed E-state index contributed by atoms with van der Waals surface area (Å²) in [6.07, 6.45) is 1.73. The molecular weight excluding hydrogens is 346 g/mol. The number of carbonyl (C=O) groups excluding carboxylic acids is 1. The van der Waals surface area contributed by atoms with Gasteiger partial charge in [0.25, 0.3) is 0 Å². The highest BCUT2D eigenvalue weighted by atomic mass is 16.5. The third kappa shape index (κ3) is 2.51. The summed E-state index contributed by atoms with van der Waals surface area (Å²) in [7, 11) is 3.03. The minimum absolute atomic E-state index is 0.0585. The Balaban J connectivity index is 2.03. The Bertz CT molecular complexity index is 937. The molecule has 0 bridgehead atoms. The van der Waals surface area contributed by atoms with E-state index in [1.165, 1.54) is 14.2 Å². The van der Waals surface area contributed by atoms with Crippen LogP contribution in [0.25, 0.3) is 11.1 Å². The van der Waals surface area contributed by atoms with E-state index in [-0.39, 0.29) is 23.4 Å². The number of amides is 1. The predicted octanol–water partition coefficient (Wildman–Crippen LogP) is 3.17. The summed E-state index contributed by atoms with van der Waals surface area (Å²) < 4.78 is 10.8. The van der Waals surface area contributed by atoms with Gasteiger partial charge in [0.1, 0.15) is 0 Å². The second-order valence-corrected chi connectivity index (χ2v) is 6.97. The quantitative estimate of drug-likeness (QED) is 0.869. The first-order valence-corrected chi connectivity index (χ1v) is 9.12. The molecule has 0 radical (unpaired) electrons. The van der Waals surface area contributed by atoms with Crippen molar-refractivity contribution in [2.24, 2.45) is 0 Å². The lowest BCUT2D eigenvalue weighted by molar-refractivity contribution is -0.133. The first kappa shape index (κ1) is 17.5. The monoisotopic (exact) mass is 369 g/mol. The molecule has 2 aromatic rings. The normalized spacial score (nSPS) is 17.1. The number of phenolic OH excluding ortho intramolecular Hbond substituents is 2. The van der Waals surface area contributed by atoms with Crippen molar-refractivity contribution in [1.82, 2.24) is 4.90 Å². The van der Waals surface area contributed by atoms with Crippen LogP contribution in [0.2, 0.25) is 0 Å². The van der Waals surface area contributed by atoms with Gasteiger partial charge in [-0.25, -0.2) is 0 Å². The number of methoxy groups -OCH3 is 2. The van der Waals surface area contributed by atoms with Crippen molar-refractivity contribution < 1.29 is 24.5 Å². The molecule has 1 aliphatic carbocycles. The molecule has 6 heteroatoms.